The quantitative estimate of drug-likeness (QED) is 0.631. The minimum Gasteiger partial charge on any atom is -0.507 e. The highest BCUT2D eigenvalue weighted by molar-refractivity contribution is 5.85. The zero-order valence-electron chi connectivity index (χ0n) is 12.3. The first-order valence-electron chi connectivity index (χ1n) is 6.66. The van der Waals surface area contributed by atoms with E-state index in [4.69, 9.17) is 9.47 Å². The molecule has 0 bridgehead atoms. The van der Waals surface area contributed by atoms with Crippen molar-refractivity contribution in [2.24, 2.45) is 5.10 Å². The van der Waals surface area contributed by atoms with Crippen molar-refractivity contribution in [1.82, 2.24) is 5.43 Å². The zero-order valence-corrected chi connectivity index (χ0v) is 12.3. The second-order valence-corrected chi connectivity index (χ2v) is 4.46. The lowest BCUT2D eigenvalue weighted by molar-refractivity contribution is -0.123. The molecule has 0 unspecified atom stereocenters. The lowest BCUT2D eigenvalue weighted by Gasteiger charge is -2.05. The number of phenols is 1. The summed E-state index contributed by atoms with van der Waals surface area (Å²) in [6.45, 7) is -0.271. The summed E-state index contributed by atoms with van der Waals surface area (Å²) in [4.78, 5) is 11.6. The number of amides is 1. The molecule has 0 atom stereocenters. The molecule has 0 heterocycles. The molecule has 0 aromatic heterocycles. The standard InChI is InChI=1S/C16H15FN2O4/c1-22-14-6-7-15(20)11(8-14)9-18-19-16(21)10-23-13-4-2-12(17)3-5-13/h2-9,20H,10H2,1H3,(H,19,21)/b18-9+. The summed E-state index contributed by atoms with van der Waals surface area (Å²) in [5.41, 5.74) is 2.65. The molecule has 0 radical (unpaired) electrons. The Morgan fingerprint density at radius 3 is 2.65 bits per heavy atom. The van der Waals surface area contributed by atoms with Crippen LogP contribution in [0.3, 0.4) is 0 Å². The van der Waals surface area contributed by atoms with Crippen LogP contribution in [0.5, 0.6) is 17.2 Å². The maximum Gasteiger partial charge on any atom is 0.277 e. The third-order valence-corrected chi connectivity index (χ3v) is 2.81. The molecule has 0 saturated heterocycles. The third kappa shape index (κ3) is 4.99. The molecule has 0 saturated carbocycles. The lowest BCUT2D eigenvalue weighted by Crippen LogP contribution is -2.24. The first-order valence-corrected chi connectivity index (χ1v) is 6.66. The molecule has 6 nitrogen and oxygen atoms in total. The maximum atomic E-state index is 12.7. The highest BCUT2D eigenvalue weighted by atomic mass is 19.1. The Kier molecular flexibility index (Phi) is 5.51. The van der Waals surface area contributed by atoms with Crippen LogP contribution in [0.25, 0.3) is 0 Å². The molecule has 1 amide bonds. The Bertz CT molecular complexity index is 702. The predicted molar refractivity (Wildman–Crippen MR) is 82.3 cm³/mol. The molecule has 2 rings (SSSR count). The highest BCUT2D eigenvalue weighted by Gasteiger charge is 2.03. The first-order chi connectivity index (χ1) is 11.1. The number of nitrogens with one attached hydrogen (secondary N) is 1. The van der Waals surface area contributed by atoms with Gasteiger partial charge in [-0.1, -0.05) is 0 Å². The van der Waals surface area contributed by atoms with Gasteiger partial charge in [-0.25, -0.2) is 9.82 Å². The summed E-state index contributed by atoms with van der Waals surface area (Å²) in [7, 11) is 1.50. The van der Waals surface area contributed by atoms with Gasteiger partial charge in [0, 0.05) is 5.56 Å². The number of hydrogen-bond acceptors (Lipinski definition) is 5. The van der Waals surface area contributed by atoms with E-state index in [1.807, 2.05) is 0 Å². The van der Waals surface area contributed by atoms with Crippen molar-refractivity contribution < 1.29 is 23.8 Å². The fourth-order valence-electron chi connectivity index (χ4n) is 1.65. The van der Waals surface area contributed by atoms with E-state index in [0.29, 0.717) is 17.1 Å². The smallest absolute Gasteiger partial charge is 0.277 e. The third-order valence-electron chi connectivity index (χ3n) is 2.81. The number of aromatic hydroxyl groups is 1. The minimum atomic E-state index is -0.493. The SMILES string of the molecule is COc1ccc(O)c(/C=N/NC(=O)COc2ccc(F)cc2)c1. The van der Waals surface area contributed by atoms with E-state index in [1.54, 1.807) is 12.1 Å². The van der Waals surface area contributed by atoms with Gasteiger partial charge in [-0.2, -0.15) is 5.10 Å². The van der Waals surface area contributed by atoms with E-state index in [-0.39, 0.29) is 18.2 Å². The van der Waals surface area contributed by atoms with Crippen molar-refractivity contribution in [3.8, 4) is 17.2 Å². The molecule has 23 heavy (non-hydrogen) atoms. The Balaban J connectivity index is 1.85. The number of carbonyl (C=O) groups excluding carboxylic acids is 1. The van der Waals surface area contributed by atoms with Gasteiger partial charge in [-0.3, -0.25) is 4.79 Å². The van der Waals surface area contributed by atoms with Crippen LogP contribution in [0.4, 0.5) is 4.39 Å². The summed E-state index contributed by atoms with van der Waals surface area (Å²) in [6, 6.07) is 9.93. The summed E-state index contributed by atoms with van der Waals surface area (Å²) in [5, 5.41) is 13.4. The van der Waals surface area contributed by atoms with Crippen molar-refractivity contribution in [2.45, 2.75) is 0 Å². The number of hydrazone groups is 1. The predicted octanol–water partition coefficient (Wildman–Crippen LogP) is 2.07. The molecule has 7 heteroatoms. The number of benzene rings is 2. The second kappa shape index (κ2) is 7.79. The average Bonchev–Trinajstić information content (AvgIpc) is 2.56. The van der Waals surface area contributed by atoms with Gasteiger partial charge in [-0.05, 0) is 42.5 Å². The Labute approximate surface area is 132 Å². The molecular weight excluding hydrogens is 303 g/mol. The molecule has 2 aromatic carbocycles. The molecule has 0 aliphatic rings. The van der Waals surface area contributed by atoms with E-state index < -0.39 is 5.91 Å². The van der Waals surface area contributed by atoms with Crippen LogP contribution < -0.4 is 14.9 Å². The largest absolute Gasteiger partial charge is 0.507 e. The van der Waals surface area contributed by atoms with Crippen LogP contribution >= 0.6 is 0 Å². The summed E-state index contributed by atoms with van der Waals surface area (Å²) < 4.78 is 22.9. The van der Waals surface area contributed by atoms with Gasteiger partial charge < -0.3 is 14.6 Å². The summed E-state index contributed by atoms with van der Waals surface area (Å²) >= 11 is 0. The van der Waals surface area contributed by atoms with Crippen LogP contribution in [0.15, 0.2) is 47.6 Å². The van der Waals surface area contributed by atoms with Crippen LogP contribution in [0, 0.1) is 5.82 Å². The van der Waals surface area contributed by atoms with Crippen LogP contribution in [-0.4, -0.2) is 30.9 Å². The van der Waals surface area contributed by atoms with Gasteiger partial charge in [0.2, 0.25) is 0 Å². The van der Waals surface area contributed by atoms with E-state index >= 15 is 0 Å². The van der Waals surface area contributed by atoms with Crippen LogP contribution in [0.1, 0.15) is 5.56 Å². The molecule has 0 aliphatic carbocycles. The highest BCUT2D eigenvalue weighted by Crippen LogP contribution is 2.20. The van der Waals surface area contributed by atoms with Crippen molar-refractivity contribution in [1.29, 1.82) is 0 Å². The van der Waals surface area contributed by atoms with Crippen molar-refractivity contribution in [3.63, 3.8) is 0 Å². The van der Waals surface area contributed by atoms with Crippen LogP contribution in [0.2, 0.25) is 0 Å². The number of hydrogen-bond donors (Lipinski definition) is 2. The zero-order chi connectivity index (χ0) is 16.7. The number of ether oxygens (including phenoxy) is 2. The normalized spacial score (nSPS) is 10.5. The van der Waals surface area contributed by atoms with Crippen molar-refractivity contribution >= 4 is 12.1 Å². The molecule has 2 aromatic rings. The first kappa shape index (κ1) is 16.3. The van der Waals surface area contributed by atoms with E-state index in [0.717, 1.165) is 0 Å². The van der Waals surface area contributed by atoms with Gasteiger partial charge in [0.15, 0.2) is 6.61 Å². The second-order valence-electron chi connectivity index (χ2n) is 4.46. The molecular formula is C16H15FN2O4. The van der Waals surface area contributed by atoms with E-state index in [9.17, 15) is 14.3 Å². The summed E-state index contributed by atoms with van der Waals surface area (Å²) in [6.07, 6.45) is 1.29. The number of rotatable bonds is 6. The summed E-state index contributed by atoms with van der Waals surface area (Å²) in [5.74, 6) is 0.0509. The average molecular weight is 318 g/mol. The van der Waals surface area contributed by atoms with Gasteiger partial charge in [-0.15, -0.1) is 0 Å². The fraction of sp³-hybridized carbons (Fsp3) is 0.125. The Morgan fingerprint density at radius 1 is 1.26 bits per heavy atom. The Morgan fingerprint density at radius 2 is 1.96 bits per heavy atom. The van der Waals surface area contributed by atoms with Crippen molar-refractivity contribution in [2.75, 3.05) is 13.7 Å². The Hall–Kier alpha value is -3.09. The van der Waals surface area contributed by atoms with Gasteiger partial charge in [0.25, 0.3) is 5.91 Å². The van der Waals surface area contributed by atoms with Crippen molar-refractivity contribution in [3.05, 3.63) is 53.8 Å². The van der Waals surface area contributed by atoms with Gasteiger partial charge >= 0.3 is 0 Å². The number of methoxy groups -OCH3 is 1. The number of halogens is 1. The molecule has 0 fully saturated rings. The number of carbonyl (C=O) groups is 1. The molecule has 0 spiro atoms. The molecule has 2 N–H and O–H groups in total. The maximum absolute atomic E-state index is 12.7. The van der Waals surface area contributed by atoms with E-state index in [1.165, 1.54) is 43.7 Å². The molecule has 120 valence electrons. The van der Waals surface area contributed by atoms with Gasteiger partial charge in [0.1, 0.15) is 23.1 Å². The van der Waals surface area contributed by atoms with Gasteiger partial charge in [0.05, 0.1) is 13.3 Å². The lowest BCUT2D eigenvalue weighted by atomic mass is 10.2. The van der Waals surface area contributed by atoms with E-state index in [2.05, 4.69) is 10.5 Å². The van der Waals surface area contributed by atoms with Crippen LogP contribution in [-0.2, 0) is 4.79 Å². The number of phenolic OH excluding ortho intramolecular Hbond substituents is 1. The number of nitrogens with zero attached hydrogens (tertiary/aromatic N) is 1. The minimum absolute atomic E-state index is 0.00589. The topological polar surface area (TPSA) is 80.2 Å². The monoisotopic (exact) mass is 318 g/mol. The molecule has 0 aliphatic heterocycles. The fourth-order valence-corrected chi connectivity index (χ4v) is 1.65.